The van der Waals surface area contributed by atoms with Gasteiger partial charge in [-0.05, 0) is 37.0 Å². The molecule has 130 valence electrons. The molecule has 1 N–H and O–H groups in total. The molecule has 0 bridgehead atoms. The fourth-order valence-electron chi connectivity index (χ4n) is 2.93. The van der Waals surface area contributed by atoms with E-state index in [1.807, 2.05) is 12.1 Å². The summed E-state index contributed by atoms with van der Waals surface area (Å²) < 4.78 is 10.9. The first kappa shape index (κ1) is 17.8. The van der Waals surface area contributed by atoms with Crippen LogP contribution in [0.5, 0.6) is 11.5 Å². The highest BCUT2D eigenvalue weighted by Crippen LogP contribution is 2.29. The van der Waals surface area contributed by atoms with Crippen molar-refractivity contribution in [3.05, 3.63) is 36.4 Å². The normalized spacial score (nSPS) is 16.7. The van der Waals surface area contributed by atoms with Gasteiger partial charge in [-0.2, -0.15) is 0 Å². The second kappa shape index (κ2) is 8.38. The molecule has 0 aliphatic carbocycles. The van der Waals surface area contributed by atoms with Crippen LogP contribution in [0.3, 0.4) is 0 Å². The molecule has 1 aromatic carbocycles. The van der Waals surface area contributed by atoms with Gasteiger partial charge in [0.25, 0.3) is 5.91 Å². The molecule has 0 spiro atoms. The molecular weight excluding hydrogens is 310 g/mol. The second-order valence-corrected chi connectivity index (χ2v) is 5.75. The fraction of sp³-hybridized carbons (Fsp3) is 0.444. The third-order valence-electron chi connectivity index (χ3n) is 4.07. The van der Waals surface area contributed by atoms with Gasteiger partial charge in [-0.15, -0.1) is 6.58 Å². The predicted molar refractivity (Wildman–Crippen MR) is 89.4 cm³/mol. The van der Waals surface area contributed by atoms with Gasteiger partial charge < -0.3 is 19.5 Å². The van der Waals surface area contributed by atoms with Crippen LogP contribution >= 0.6 is 0 Å². The maximum Gasteiger partial charge on any atom is 0.305 e. The van der Waals surface area contributed by atoms with Crippen molar-refractivity contribution < 1.29 is 24.2 Å². The number of methoxy groups -OCH3 is 1. The molecule has 1 aromatic rings. The highest BCUT2D eigenvalue weighted by Gasteiger charge is 2.30. The maximum atomic E-state index is 12.3. The van der Waals surface area contributed by atoms with Crippen molar-refractivity contribution >= 4 is 11.9 Å². The van der Waals surface area contributed by atoms with Crippen molar-refractivity contribution in [3.8, 4) is 11.5 Å². The molecule has 0 radical (unpaired) electrons. The number of hydrogen-bond acceptors (Lipinski definition) is 4. The lowest BCUT2D eigenvalue weighted by atomic mass is 10.1. The molecule has 1 unspecified atom stereocenters. The summed E-state index contributed by atoms with van der Waals surface area (Å²) in [6.07, 6.45) is 4.04. The minimum absolute atomic E-state index is 0.0225. The molecule has 0 saturated carbocycles. The molecule has 0 aromatic heterocycles. The number of rotatable bonds is 8. The van der Waals surface area contributed by atoms with Gasteiger partial charge in [0.15, 0.2) is 18.1 Å². The van der Waals surface area contributed by atoms with E-state index in [1.165, 1.54) is 0 Å². The monoisotopic (exact) mass is 333 g/mol. The van der Waals surface area contributed by atoms with Crippen molar-refractivity contribution in [2.24, 2.45) is 0 Å². The maximum absolute atomic E-state index is 12.3. The van der Waals surface area contributed by atoms with Crippen molar-refractivity contribution in [3.63, 3.8) is 0 Å². The number of allylic oxidation sites excluding steroid dienone is 1. The van der Waals surface area contributed by atoms with E-state index in [0.717, 1.165) is 24.8 Å². The van der Waals surface area contributed by atoms with Crippen molar-refractivity contribution in [1.29, 1.82) is 0 Å². The number of carbonyl (C=O) groups is 2. The van der Waals surface area contributed by atoms with Gasteiger partial charge in [0.2, 0.25) is 0 Å². The van der Waals surface area contributed by atoms with Crippen LogP contribution in [0.4, 0.5) is 0 Å². The smallest absolute Gasteiger partial charge is 0.305 e. The summed E-state index contributed by atoms with van der Waals surface area (Å²) in [4.78, 5) is 24.8. The third kappa shape index (κ3) is 4.50. The highest BCUT2D eigenvalue weighted by atomic mass is 16.5. The summed E-state index contributed by atoms with van der Waals surface area (Å²) in [7, 11) is 1.55. The lowest BCUT2D eigenvalue weighted by molar-refractivity contribution is -0.140. The molecule has 1 aliphatic rings. The fourth-order valence-corrected chi connectivity index (χ4v) is 2.93. The molecule has 1 saturated heterocycles. The van der Waals surface area contributed by atoms with Crippen molar-refractivity contribution in [2.75, 3.05) is 20.3 Å². The van der Waals surface area contributed by atoms with Gasteiger partial charge in [-0.3, -0.25) is 9.59 Å². The first-order chi connectivity index (χ1) is 11.5. The van der Waals surface area contributed by atoms with Gasteiger partial charge in [0.05, 0.1) is 13.5 Å². The second-order valence-electron chi connectivity index (χ2n) is 5.75. The molecule has 1 fully saturated rings. The number of nitrogens with zero attached hydrogens (tertiary/aromatic N) is 1. The molecule has 6 heteroatoms. The molecule has 1 heterocycles. The number of likely N-dealkylation sites (tertiary alicyclic amines) is 1. The van der Waals surface area contributed by atoms with Crippen LogP contribution in [0.1, 0.15) is 24.8 Å². The first-order valence-corrected chi connectivity index (χ1v) is 7.97. The molecule has 1 aliphatic heterocycles. The van der Waals surface area contributed by atoms with Crippen LogP contribution in [-0.4, -0.2) is 48.2 Å². The molecule has 1 atom stereocenters. The minimum Gasteiger partial charge on any atom is -0.493 e. The molecule has 6 nitrogen and oxygen atoms in total. The molecule has 1 amide bonds. The van der Waals surface area contributed by atoms with Gasteiger partial charge >= 0.3 is 5.97 Å². The van der Waals surface area contributed by atoms with Crippen molar-refractivity contribution in [1.82, 2.24) is 4.90 Å². The Morgan fingerprint density at radius 3 is 2.88 bits per heavy atom. The number of carbonyl (C=O) groups excluding carboxylic acids is 1. The Hall–Kier alpha value is -2.50. The zero-order valence-corrected chi connectivity index (χ0v) is 13.9. The summed E-state index contributed by atoms with van der Waals surface area (Å²) in [5.74, 6) is -0.0330. The Morgan fingerprint density at radius 2 is 2.21 bits per heavy atom. The van der Waals surface area contributed by atoms with Gasteiger partial charge in [-0.25, -0.2) is 0 Å². The number of carboxylic acids is 1. The van der Waals surface area contributed by atoms with Gasteiger partial charge in [0.1, 0.15) is 0 Å². The largest absolute Gasteiger partial charge is 0.493 e. The Bertz CT molecular complexity index is 613. The quantitative estimate of drug-likeness (QED) is 0.739. The van der Waals surface area contributed by atoms with E-state index >= 15 is 0 Å². The van der Waals surface area contributed by atoms with Crippen LogP contribution in [0, 0.1) is 0 Å². The topological polar surface area (TPSA) is 76.1 Å². The van der Waals surface area contributed by atoms with E-state index < -0.39 is 5.97 Å². The Balaban J connectivity index is 1.98. The number of ether oxygens (including phenoxy) is 2. The van der Waals surface area contributed by atoms with Gasteiger partial charge in [-0.1, -0.05) is 12.1 Å². The average molecular weight is 333 g/mol. The number of carboxylic acid groups (broad SMARTS) is 1. The minimum atomic E-state index is -0.889. The number of benzene rings is 1. The summed E-state index contributed by atoms with van der Waals surface area (Å²) in [5.41, 5.74) is 1.04. The zero-order chi connectivity index (χ0) is 17.5. The molecular formula is C18H23NO5. The predicted octanol–water partition coefficient (Wildman–Crippen LogP) is 2.27. The summed E-state index contributed by atoms with van der Waals surface area (Å²) in [6.45, 7) is 4.15. The number of hydrogen-bond donors (Lipinski definition) is 1. The molecule has 2 rings (SSSR count). The van der Waals surface area contributed by atoms with Crippen LogP contribution in [0.25, 0.3) is 0 Å². The summed E-state index contributed by atoms with van der Waals surface area (Å²) in [5, 5.41) is 8.93. The number of amides is 1. The summed E-state index contributed by atoms with van der Waals surface area (Å²) >= 11 is 0. The first-order valence-electron chi connectivity index (χ1n) is 7.97. The van der Waals surface area contributed by atoms with E-state index in [-0.39, 0.29) is 25.0 Å². The highest BCUT2D eigenvalue weighted by molar-refractivity contribution is 5.79. The van der Waals surface area contributed by atoms with E-state index in [0.29, 0.717) is 18.0 Å². The van der Waals surface area contributed by atoms with Crippen LogP contribution in [-0.2, 0) is 16.0 Å². The lowest BCUT2D eigenvalue weighted by Crippen LogP contribution is -2.39. The Kier molecular flexibility index (Phi) is 6.23. The van der Waals surface area contributed by atoms with E-state index in [2.05, 4.69) is 6.58 Å². The van der Waals surface area contributed by atoms with E-state index in [4.69, 9.17) is 14.6 Å². The zero-order valence-electron chi connectivity index (χ0n) is 13.9. The van der Waals surface area contributed by atoms with Crippen LogP contribution < -0.4 is 9.47 Å². The number of aliphatic carboxylic acids is 1. The van der Waals surface area contributed by atoms with E-state index in [1.54, 1.807) is 24.2 Å². The Morgan fingerprint density at radius 1 is 1.42 bits per heavy atom. The van der Waals surface area contributed by atoms with Crippen LogP contribution in [0.2, 0.25) is 0 Å². The summed E-state index contributed by atoms with van der Waals surface area (Å²) in [6, 6.07) is 5.27. The Labute approximate surface area is 141 Å². The standard InChI is InChI=1S/C18H23NO5/c1-3-5-13-7-8-15(16(10-13)23-2)24-12-17(20)19-9-4-6-14(19)11-18(21)22/h3,7-8,10,14H,1,4-6,9,11-12H2,2H3,(H,21,22). The lowest BCUT2D eigenvalue weighted by Gasteiger charge is -2.23. The van der Waals surface area contributed by atoms with Crippen molar-refractivity contribution in [2.45, 2.75) is 31.7 Å². The van der Waals surface area contributed by atoms with Gasteiger partial charge in [0, 0.05) is 12.6 Å². The average Bonchev–Trinajstić information content (AvgIpc) is 3.00. The molecule has 24 heavy (non-hydrogen) atoms. The SMILES string of the molecule is C=CCc1ccc(OCC(=O)N2CCCC2CC(=O)O)c(OC)c1. The third-order valence-corrected chi connectivity index (χ3v) is 4.07. The van der Waals surface area contributed by atoms with Crippen LogP contribution in [0.15, 0.2) is 30.9 Å². The van der Waals surface area contributed by atoms with E-state index in [9.17, 15) is 9.59 Å².